The molecule has 0 fully saturated rings. The molecule has 1 aromatic heterocycles. The Morgan fingerprint density at radius 3 is 2.52 bits per heavy atom. The van der Waals surface area contributed by atoms with Crippen LogP contribution in [-0.2, 0) is 6.61 Å². The van der Waals surface area contributed by atoms with Gasteiger partial charge in [-0.1, -0.05) is 53.7 Å². The van der Waals surface area contributed by atoms with E-state index in [0.29, 0.717) is 16.7 Å². The molecule has 3 rings (SSSR count). The summed E-state index contributed by atoms with van der Waals surface area (Å²) in [6, 6.07) is 13.6. The molecule has 1 unspecified atom stereocenters. The summed E-state index contributed by atoms with van der Waals surface area (Å²) in [5.74, 6) is 1.21. The number of nitrogens with zero attached hydrogens (tertiary/aromatic N) is 2. The van der Waals surface area contributed by atoms with E-state index in [0.717, 1.165) is 22.4 Å². The lowest BCUT2D eigenvalue weighted by Crippen LogP contribution is -2.13. The van der Waals surface area contributed by atoms with Gasteiger partial charge in [-0.3, -0.25) is 4.79 Å². The van der Waals surface area contributed by atoms with Crippen LogP contribution in [-0.4, -0.2) is 21.2 Å². The fourth-order valence-electron chi connectivity index (χ4n) is 2.50. The van der Waals surface area contributed by atoms with Crippen molar-refractivity contribution in [1.82, 2.24) is 10.2 Å². The molecule has 0 amide bonds. The molecule has 140 valence electrons. The second-order valence-electron chi connectivity index (χ2n) is 6.51. The van der Waals surface area contributed by atoms with E-state index in [1.807, 2.05) is 70.2 Å². The molecule has 6 heteroatoms. The van der Waals surface area contributed by atoms with Crippen LogP contribution in [0.15, 0.2) is 52.1 Å². The van der Waals surface area contributed by atoms with Gasteiger partial charge in [-0.25, -0.2) is 0 Å². The van der Waals surface area contributed by atoms with Crippen molar-refractivity contribution >= 4 is 17.5 Å². The SMILES string of the molecule is Cc1ccc(C(=O)C(C)Sc2nnc(COc3cc(C)ccc3C)o2)cc1. The van der Waals surface area contributed by atoms with Gasteiger partial charge >= 0.3 is 0 Å². The first kappa shape index (κ1) is 19.2. The van der Waals surface area contributed by atoms with E-state index in [9.17, 15) is 4.79 Å². The standard InChI is InChI=1S/C21H22N2O3S/c1-13-6-9-17(10-7-13)20(24)16(4)27-21-23-22-19(26-21)12-25-18-11-14(2)5-8-15(18)3/h5-11,16H,12H2,1-4H3. The zero-order chi connectivity index (χ0) is 19.4. The highest BCUT2D eigenvalue weighted by Crippen LogP contribution is 2.25. The highest BCUT2D eigenvalue weighted by atomic mass is 32.2. The molecule has 2 aromatic carbocycles. The number of carbonyl (C=O) groups is 1. The van der Waals surface area contributed by atoms with Crippen LogP contribution in [0.2, 0.25) is 0 Å². The van der Waals surface area contributed by atoms with Gasteiger partial charge in [0.05, 0.1) is 5.25 Å². The largest absolute Gasteiger partial charge is 0.484 e. The van der Waals surface area contributed by atoms with Crippen molar-refractivity contribution in [2.75, 3.05) is 0 Å². The van der Waals surface area contributed by atoms with Gasteiger partial charge < -0.3 is 9.15 Å². The zero-order valence-electron chi connectivity index (χ0n) is 15.9. The minimum absolute atomic E-state index is 0.0337. The maximum absolute atomic E-state index is 12.5. The molecule has 5 nitrogen and oxygen atoms in total. The normalized spacial score (nSPS) is 12.0. The van der Waals surface area contributed by atoms with E-state index < -0.39 is 0 Å². The van der Waals surface area contributed by atoms with Crippen molar-refractivity contribution in [2.24, 2.45) is 0 Å². The Kier molecular flexibility index (Phi) is 5.96. The fraction of sp³-hybridized carbons (Fsp3) is 0.286. The summed E-state index contributed by atoms with van der Waals surface area (Å²) in [5.41, 5.74) is 3.98. The van der Waals surface area contributed by atoms with E-state index in [2.05, 4.69) is 10.2 Å². The van der Waals surface area contributed by atoms with Gasteiger partial charge in [0, 0.05) is 5.56 Å². The lowest BCUT2D eigenvalue weighted by molar-refractivity contribution is 0.0993. The molecule has 27 heavy (non-hydrogen) atoms. The Hall–Kier alpha value is -2.60. The fourth-order valence-corrected chi connectivity index (χ4v) is 3.28. The van der Waals surface area contributed by atoms with Crippen molar-refractivity contribution in [2.45, 2.75) is 44.8 Å². The lowest BCUT2D eigenvalue weighted by Gasteiger charge is -2.08. The molecular weight excluding hydrogens is 360 g/mol. The van der Waals surface area contributed by atoms with E-state index in [-0.39, 0.29) is 17.6 Å². The number of ether oxygens (including phenoxy) is 1. The molecule has 1 heterocycles. The topological polar surface area (TPSA) is 65.2 Å². The number of rotatable bonds is 7. The molecule has 3 aromatic rings. The second kappa shape index (κ2) is 8.39. The summed E-state index contributed by atoms with van der Waals surface area (Å²) in [5, 5.41) is 8.06. The third-order valence-electron chi connectivity index (χ3n) is 4.13. The van der Waals surface area contributed by atoms with Crippen molar-refractivity contribution in [3.63, 3.8) is 0 Å². The summed E-state index contributed by atoms with van der Waals surface area (Å²) in [6.07, 6.45) is 0. The van der Waals surface area contributed by atoms with Crippen LogP contribution < -0.4 is 4.74 Å². The Balaban J connectivity index is 1.59. The van der Waals surface area contributed by atoms with E-state index in [1.165, 1.54) is 11.8 Å². The van der Waals surface area contributed by atoms with Crippen molar-refractivity contribution in [1.29, 1.82) is 0 Å². The number of aryl methyl sites for hydroxylation is 3. The molecule has 1 atom stereocenters. The minimum atomic E-state index is -0.319. The maximum atomic E-state index is 12.5. The van der Waals surface area contributed by atoms with Crippen LogP contribution in [0, 0.1) is 20.8 Å². The number of thioether (sulfide) groups is 1. The summed E-state index contributed by atoms with van der Waals surface area (Å²) in [4.78, 5) is 12.5. The predicted octanol–water partition coefficient (Wildman–Crippen LogP) is 4.94. The van der Waals surface area contributed by atoms with Crippen LogP contribution in [0.4, 0.5) is 0 Å². The van der Waals surface area contributed by atoms with Gasteiger partial charge in [-0.05, 0) is 44.9 Å². The number of hydrogen-bond donors (Lipinski definition) is 0. The average molecular weight is 382 g/mol. The predicted molar refractivity (Wildman–Crippen MR) is 105 cm³/mol. The minimum Gasteiger partial charge on any atom is -0.484 e. The number of ketones is 1. The quantitative estimate of drug-likeness (QED) is 0.426. The number of aromatic nitrogens is 2. The Bertz CT molecular complexity index is 935. The maximum Gasteiger partial charge on any atom is 0.277 e. The Labute approximate surface area is 163 Å². The lowest BCUT2D eigenvalue weighted by atomic mass is 10.1. The number of hydrogen-bond acceptors (Lipinski definition) is 6. The van der Waals surface area contributed by atoms with Crippen LogP contribution in [0.1, 0.15) is 39.9 Å². The number of Topliss-reactive ketones (excluding diaryl/α,β-unsaturated/α-hetero) is 1. The van der Waals surface area contributed by atoms with E-state index in [1.54, 1.807) is 0 Å². The van der Waals surface area contributed by atoms with Gasteiger partial charge in [0.1, 0.15) is 5.75 Å². The molecule has 0 saturated heterocycles. The van der Waals surface area contributed by atoms with Crippen molar-refractivity contribution in [3.8, 4) is 5.75 Å². The van der Waals surface area contributed by atoms with Gasteiger partial charge in [0.2, 0.25) is 0 Å². The van der Waals surface area contributed by atoms with Gasteiger partial charge in [0.15, 0.2) is 12.4 Å². The first-order chi connectivity index (χ1) is 12.9. The van der Waals surface area contributed by atoms with Gasteiger partial charge in [-0.2, -0.15) is 0 Å². The van der Waals surface area contributed by atoms with Crippen molar-refractivity contribution in [3.05, 3.63) is 70.6 Å². The highest BCUT2D eigenvalue weighted by Gasteiger charge is 2.20. The first-order valence-electron chi connectivity index (χ1n) is 8.72. The van der Waals surface area contributed by atoms with Gasteiger partial charge in [-0.15, -0.1) is 10.2 Å². The van der Waals surface area contributed by atoms with Gasteiger partial charge in [0.25, 0.3) is 11.1 Å². The van der Waals surface area contributed by atoms with Crippen LogP contribution in [0.5, 0.6) is 5.75 Å². The van der Waals surface area contributed by atoms with E-state index in [4.69, 9.17) is 9.15 Å². The molecule has 0 radical (unpaired) electrons. The van der Waals surface area contributed by atoms with Crippen LogP contribution in [0.3, 0.4) is 0 Å². The highest BCUT2D eigenvalue weighted by molar-refractivity contribution is 8.00. The second-order valence-corrected chi connectivity index (χ2v) is 7.80. The molecular formula is C21H22N2O3S. The average Bonchev–Trinajstić information content (AvgIpc) is 3.10. The summed E-state index contributed by atoms with van der Waals surface area (Å²) < 4.78 is 11.4. The summed E-state index contributed by atoms with van der Waals surface area (Å²) in [6.45, 7) is 8.02. The smallest absolute Gasteiger partial charge is 0.277 e. The van der Waals surface area contributed by atoms with E-state index >= 15 is 0 Å². The molecule has 0 aliphatic rings. The van der Waals surface area contributed by atoms with Crippen LogP contribution >= 0.6 is 11.8 Å². The molecule has 0 N–H and O–H groups in total. The molecule has 0 aliphatic heterocycles. The summed E-state index contributed by atoms with van der Waals surface area (Å²) >= 11 is 1.25. The zero-order valence-corrected chi connectivity index (χ0v) is 16.7. The third kappa shape index (κ3) is 4.98. The Morgan fingerprint density at radius 2 is 1.78 bits per heavy atom. The summed E-state index contributed by atoms with van der Waals surface area (Å²) in [7, 11) is 0. The number of benzene rings is 2. The first-order valence-corrected chi connectivity index (χ1v) is 9.60. The van der Waals surface area contributed by atoms with Crippen molar-refractivity contribution < 1.29 is 13.9 Å². The monoisotopic (exact) mass is 382 g/mol. The molecule has 0 aliphatic carbocycles. The third-order valence-corrected chi connectivity index (χ3v) is 5.06. The van der Waals surface area contributed by atoms with Crippen LogP contribution in [0.25, 0.3) is 0 Å². The Morgan fingerprint density at radius 1 is 1.07 bits per heavy atom. The molecule has 0 spiro atoms. The molecule has 0 saturated carbocycles. The number of carbonyl (C=O) groups excluding carboxylic acids is 1. The molecule has 0 bridgehead atoms.